The van der Waals surface area contributed by atoms with Crippen molar-refractivity contribution in [3.8, 4) is 0 Å². The topological polar surface area (TPSA) is 53.2 Å². The quantitative estimate of drug-likeness (QED) is 0.287. The van der Waals surface area contributed by atoms with Crippen LogP contribution in [0, 0.1) is 6.92 Å². The number of alkyl halides is 4. The molecule has 11 heteroatoms. The van der Waals surface area contributed by atoms with Gasteiger partial charge in [-0.15, -0.1) is 11.6 Å². The normalized spacial score (nSPS) is 12.5. The van der Waals surface area contributed by atoms with Gasteiger partial charge in [-0.3, -0.25) is 4.79 Å². The minimum Gasteiger partial charge on any atom is -0.339 e. The fourth-order valence-corrected chi connectivity index (χ4v) is 3.74. The average Bonchev–Trinajstić information content (AvgIpc) is 2.40. The smallest absolute Gasteiger partial charge is 0.236 e. The van der Waals surface area contributed by atoms with Gasteiger partial charge in [-0.1, -0.05) is 34.8 Å². The lowest BCUT2D eigenvalue weighted by atomic mass is 10.2. The molecule has 0 fully saturated rings. The van der Waals surface area contributed by atoms with Crippen molar-refractivity contribution in [1.82, 2.24) is 10.6 Å². The summed E-state index contributed by atoms with van der Waals surface area (Å²) in [4.78, 5) is 11.4. The molecule has 128 valence electrons. The molecule has 1 aromatic rings. The highest BCUT2D eigenvalue weighted by molar-refractivity contribution is 9.11. The van der Waals surface area contributed by atoms with Crippen LogP contribution in [0.1, 0.15) is 5.56 Å². The number of hydrogen-bond donors (Lipinski definition) is 3. The zero-order chi connectivity index (χ0) is 17.8. The Hall–Kier alpha value is 0.500. The van der Waals surface area contributed by atoms with E-state index in [1.54, 1.807) is 0 Å². The molecular formula is C12H11Br2Cl4N3OS. The standard InChI is InChI=1S/C12H11Br2Cl4N3OS/c1-5-2-6(13)9(7(14)3-5)20-11(23)21-10(12(16,17)18)19-8(22)4-15/h2-3,10H,4H2,1H3,(H,19,22)(H2,20,21,23). The molecule has 3 N–H and O–H groups in total. The predicted octanol–water partition coefficient (Wildman–Crippen LogP) is 4.86. The van der Waals surface area contributed by atoms with Gasteiger partial charge in [0.25, 0.3) is 0 Å². The van der Waals surface area contributed by atoms with Gasteiger partial charge in [0.15, 0.2) is 5.11 Å². The second-order valence-corrected chi connectivity index (χ2v) is 9.13. The summed E-state index contributed by atoms with van der Waals surface area (Å²) in [5.74, 6) is -0.773. The number of thiocarbonyl (C=S) groups is 1. The van der Waals surface area contributed by atoms with Crippen LogP contribution in [0.5, 0.6) is 0 Å². The van der Waals surface area contributed by atoms with Gasteiger partial charge < -0.3 is 16.0 Å². The van der Waals surface area contributed by atoms with E-state index >= 15 is 0 Å². The summed E-state index contributed by atoms with van der Waals surface area (Å²) in [5.41, 5.74) is 1.75. The van der Waals surface area contributed by atoms with Crippen LogP contribution < -0.4 is 16.0 Å². The van der Waals surface area contributed by atoms with E-state index in [1.807, 2.05) is 19.1 Å². The number of benzene rings is 1. The van der Waals surface area contributed by atoms with E-state index in [0.717, 1.165) is 14.5 Å². The van der Waals surface area contributed by atoms with Crippen molar-refractivity contribution in [2.75, 3.05) is 11.2 Å². The van der Waals surface area contributed by atoms with Crippen LogP contribution >= 0.6 is 90.5 Å². The first-order valence-electron chi connectivity index (χ1n) is 5.99. The molecule has 1 amide bonds. The molecule has 0 aliphatic rings. The first kappa shape index (κ1) is 21.5. The molecule has 0 radical (unpaired) electrons. The highest BCUT2D eigenvalue weighted by Gasteiger charge is 2.34. The number of amides is 1. The Morgan fingerprint density at radius 3 is 2.22 bits per heavy atom. The first-order valence-corrected chi connectivity index (χ1v) is 9.66. The van der Waals surface area contributed by atoms with E-state index in [-0.39, 0.29) is 11.0 Å². The monoisotopic (exact) mass is 543 g/mol. The Kier molecular flexibility index (Phi) is 8.68. The predicted molar refractivity (Wildman–Crippen MR) is 109 cm³/mol. The lowest BCUT2D eigenvalue weighted by Gasteiger charge is -2.27. The van der Waals surface area contributed by atoms with E-state index in [4.69, 9.17) is 58.6 Å². The lowest BCUT2D eigenvalue weighted by molar-refractivity contribution is -0.119. The molecule has 0 bridgehead atoms. The van der Waals surface area contributed by atoms with Crippen LogP contribution in [0.25, 0.3) is 0 Å². The third-order valence-electron chi connectivity index (χ3n) is 2.45. The fraction of sp³-hybridized carbons (Fsp3) is 0.333. The van der Waals surface area contributed by atoms with E-state index < -0.39 is 15.9 Å². The molecule has 0 spiro atoms. The van der Waals surface area contributed by atoms with Crippen LogP contribution in [0.2, 0.25) is 0 Å². The summed E-state index contributed by atoms with van der Waals surface area (Å²) in [6.45, 7) is 1.95. The first-order chi connectivity index (χ1) is 10.5. The molecule has 0 aliphatic heterocycles. The van der Waals surface area contributed by atoms with Gasteiger partial charge in [-0.05, 0) is 68.7 Å². The van der Waals surface area contributed by atoms with Gasteiger partial charge in [0.05, 0.1) is 5.69 Å². The Morgan fingerprint density at radius 1 is 1.26 bits per heavy atom. The van der Waals surface area contributed by atoms with E-state index in [2.05, 4.69) is 47.8 Å². The van der Waals surface area contributed by atoms with E-state index in [0.29, 0.717) is 5.69 Å². The fourth-order valence-electron chi connectivity index (χ4n) is 1.50. The summed E-state index contributed by atoms with van der Waals surface area (Å²) in [7, 11) is 0. The van der Waals surface area contributed by atoms with Crippen molar-refractivity contribution in [3.05, 3.63) is 26.6 Å². The van der Waals surface area contributed by atoms with Crippen molar-refractivity contribution in [2.24, 2.45) is 0 Å². The maximum atomic E-state index is 11.4. The third-order valence-corrected chi connectivity index (χ3v) is 4.82. The molecule has 0 saturated carbocycles. The summed E-state index contributed by atoms with van der Waals surface area (Å²) in [6, 6.07) is 3.83. The van der Waals surface area contributed by atoms with Gasteiger partial charge in [0, 0.05) is 8.95 Å². The number of nitrogens with one attached hydrogen (secondary N) is 3. The minimum absolute atomic E-state index is 0.154. The molecular weight excluding hydrogens is 536 g/mol. The molecule has 0 heterocycles. The van der Waals surface area contributed by atoms with Crippen molar-refractivity contribution < 1.29 is 4.79 Å². The Labute approximate surface area is 176 Å². The summed E-state index contributed by atoms with van der Waals surface area (Å²) in [6.07, 6.45) is -1.05. The minimum atomic E-state index is -1.82. The molecule has 1 atom stereocenters. The highest BCUT2D eigenvalue weighted by atomic mass is 79.9. The lowest BCUT2D eigenvalue weighted by Crippen LogP contribution is -2.56. The Bertz CT molecular complexity index is 589. The van der Waals surface area contributed by atoms with Crippen molar-refractivity contribution in [1.29, 1.82) is 0 Å². The van der Waals surface area contributed by atoms with Gasteiger partial charge in [0.1, 0.15) is 12.0 Å². The highest BCUT2D eigenvalue weighted by Crippen LogP contribution is 2.33. The van der Waals surface area contributed by atoms with Gasteiger partial charge in [-0.2, -0.15) is 0 Å². The molecule has 0 aliphatic carbocycles. The van der Waals surface area contributed by atoms with Crippen LogP contribution in [0.3, 0.4) is 0 Å². The Balaban J connectivity index is 2.86. The number of hydrogen-bond acceptors (Lipinski definition) is 2. The zero-order valence-corrected chi connectivity index (χ0v) is 18.5. The largest absolute Gasteiger partial charge is 0.339 e. The second-order valence-electron chi connectivity index (χ2n) is 4.38. The molecule has 1 aromatic carbocycles. The van der Waals surface area contributed by atoms with E-state index in [9.17, 15) is 4.79 Å². The SMILES string of the molecule is Cc1cc(Br)c(NC(=S)NC(NC(=O)CCl)C(Cl)(Cl)Cl)c(Br)c1. The number of aryl methyl sites for hydroxylation is 1. The summed E-state index contributed by atoms with van der Waals surface area (Å²) in [5, 5.41) is 8.28. The number of halogens is 6. The summed E-state index contributed by atoms with van der Waals surface area (Å²) >= 11 is 35.0. The number of carbonyl (C=O) groups is 1. The zero-order valence-electron chi connectivity index (χ0n) is 11.5. The van der Waals surface area contributed by atoms with E-state index in [1.165, 1.54) is 0 Å². The van der Waals surface area contributed by atoms with Crippen LogP contribution in [0.4, 0.5) is 5.69 Å². The molecule has 23 heavy (non-hydrogen) atoms. The third kappa shape index (κ3) is 7.10. The Morgan fingerprint density at radius 2 is 1.78 bits per heavy atom. The molecule has 0 saturated heterocycles. The molecule has 1 unspecified atom stereocenters. The maximum Gasteiger partial charge on any atom is 0.236 e. The van der Waals surface area contributed by atoms with Crippen LogP contribution in [-0.2, 0) is 4.79 Å². The molecule has 1 rings (SSSR count). The van der Waals surface area contributed by atoms with Crippen molar-refractivity contribution in [3.63, 3.8) is 0 Å². The number of carbonyl (C=O) groups excluding carboxylic acids is 1. The number of rotatable bonds is 4. The second kappa shape index (κ2) is 9.27. The number of anilines is 1. The van der Waals surface area contributed by atoms with Gasteiger partial charge in [0.2, 0.25) is 9.70 Å². The van der Waals surface area contributed by atoms with Crippen molar-refractivity contribution >= 4 is 107 Å². The maximum absolute atomic E-state index is 11.4. The van der Waals surface area contributed by atoms with Crippen LogP contribution in [-0.4, -0.2) is 26.9 Å². The average molecular weight is 547 g/mol. The molecule has 4 nitrogen and oxygen atoms in total. The van der Waals surface area contributed by atoms with Crippen molar-refractivity contribution in [2.45, 2.75) is 16.9 Å². The summed E-state index contributed by atoms with van der Waals surface area (Å²) < 4.78 is -0.234. The molecule has 0 aromatic heterocycles. The van der Waals surface area contributed by atoms with Gasteiger partial charge in [-0.25, -0.2) is 0 Å². The van der Waals surface area contributed by atoms with Crippen LogP contribution in [0.15, 0.2) is 21.1 Å². The van der Waals surface area contributed by atoms with Gasteiger partial charge >= 0.3 is 0 Å².